The fourth-order valence-electron chi connectivity index (χ4n) is 1.64. The SMILES string of the molecule is CC(C)c1c([C@H](O)CN)ccc(O)c1O.Cl. The molecule has 0 aromatic heterocycles. The lowest BCUT2D eigenvalue weighted by Gasteiger charge is -2.18. The number of aliphatic hydroxyl groups excluding tert-OH is 1. The first-order chi connectivity index (χ1) is 6.99. The summed E-state index contributed by atoms with van der Waals surface area (Å²) in [5.41, 5.74) is 6.49. The number of halogens is 1. The molecule has 0 heterocycles. The molecule has 92 valence electrons. The van der Waals surface area contributed by atoms with Crippen LogP contribution in [-0.2, 0) is 0 Å². The Morgan fingerprint density at radius 2 is 1.81 bits per heavy atom. The number of benzene rings is 1. The molecule has 0 aliphatic carbocycles. The molecule has 4 nitrogen and oxygen atoms in total. The Kier molecular flexibility index (Phi) is 5.58. The van der Waals surface area contributed by atoms with Crippen LogP contribution in [0.4, 0.5) is 0 Å². The van der Waals surface area contributed by atoms with Gasteiger partial charge in [-0.1, -0.05) is 19.9 Å². The lowest BCUT2D eigenvalue weighted by Crippen LogP contribution is -2.14. The molecule has 0 saturated carbocycles. The standard InChI is InChI=1S/C11H17NO3.ClH/c1-6(2)10-7(9(14)5-12)3-4-8(13)11(10)15;/h3-4,6,9,13-15H,5,12H2,1-2H3;1H/t9-;/m1./s1. The molecule has 5 N–H and O–H groups in total. The molecule has 5 heteroatoms. The van der Waals surface area contributed by atoms with Crippen LogP contribution in [0.5, 0.6) is 11.5 Å². The molecule has 0 saturated heterocycles. The van der Waals surface area contributed by atoms with Crippen LogP contribution >= 0.6 is 12.4 Å². The zero-order valence-electron chi connectivity index (χ0n) is 9.34. The Labute approximate surface area is 101 Å². The minimum atomic E-state index is -0.811. The predicted octanol–water partition coefficient (Wildman–Crippen LogP) is 1.64. The monoisotopic (exact) mass is 247 g/mol. The lowest BCUT2D eigenvalue weighted by atomic mass is 9.92. The summed E-state index contributed by atoms with van der Waals surface area (Å²) in [5, 5.41) is 28.7. The first-order valence-electron chi connectivity index (χ1n) is 4.91. The van der Waals surface area contributed by atoms with Crippen molar-refractivity contribution >= 4 is 12.4 Å². The number of rotatable bonds is 3. The second-order valence-corrected chi connectivity index (χ2v) is 3.84. The summed E-state index contributed by atoms with van der Waals surface area (Å²) < 4.78 is 0. The predicted molar refractivity (Wildman–Crippen MR) is 65.1 cm³/mol. The minimum Gasteiger partial charge on any atom is -0.504 e. The minimum absolute atomic E-state index is 0. The van der Waals surface area contributed by atoms with E-state index < -0.39 is 6.10 Å². The average Bonchev–Trinajstić information content (AvgIpc) is 2.20. The summed E-state index contributed by atoms with van der Waals surface area (Å²) in [5.74, 6) is -0.338. The molecule has 0 aliphatic rings. The molecule has 1 aromatic rings. The molecular weight excluding hydrogens is 230 g/mol. The summed E-state index contributed by atoms with van der Waals surface area (Å²) in [6.45, 7) is 3.84. The van der Waals surface area contributed by atoms with Gasteiger partial charge < -0.3 is 21.1 Å². The van der Waals surface area contributed by atoms with Crippen molar-refractivity contribution in [1.29, 1.82) is 0 Å². The fourth-order valence-corrected chi connectivity index (χ4v) is 1.64. The van der Waals surface area contributed by atoms with Crippen LogP contribution in [0, 0.1) is 0 Å². The van der Waals surface area contributed by atoms with Crippen LogP contribution < -0.4 is 5.73 Å². The molecule has 1 aromatic carbocycles. The molecule has 0 spiro atoms. The topological polar surface area (TPSA) is 86.7 Å². The van der Waals surface area contributed by atoms with Crippen molar-refractivity contribution in [2.75, 3.05) is 6.54 Å². The number of phenols is 2. The van der Waals surface area contributed by atoms with Gasteiger partial charge >= 0.3 is 0 Å². The van der Waals surface area contributed by atoms with Crippen LogP contribution in [0.1, 0.15) is 37.0 Å². The maximum absolute atomic E-state index is 9.69. The van der Waals surface area contributed by atoms with E-state index in [-0.39, 0.29) is 36.4 Å². The number of aromatic hydroxyl groups is 2. The number of hydrogen-bond donors (Lipinski definition) is 4. The Bertz CT molecular complexity index is 355. The average molecular weight is 248 g/mol. The van der Waals surface area contributed by atoms with E-state index in [1.54, 1.807) is 6.07 Å². The van der Waals surface area contributed by atoms with Gasteiger partial charge in [-0.25, -0.2) is 0 Å². The third-order valence-electron chi connectivity index (χ3n) is 2.39. The molecule has 0 aliphatic heterocycles. The maximum atomic E-state index is 9.69. The molecule has 1 rings (SSSR count). The van der Waals surface area contributed by atoms with Gasteiger partial charge in [0.15, 0.2) is 11.5 Å². The summed E-state index contributed by atoms with van der Waals surface area (Å²) >= 11 is 0. The van der Waals surface area contributed by atoms with E-state index in [9.17, 15) is 15.3 Å². The highest BCUT2D eigenvalue weighted by Gasteiger charge is 2.19. The Hall–Kier alpha value is -0.970. The largest absolute Gasteiger partial charge is 0.504 e. The quantitative estimate of drug-likeness (QED) is 0.612. The summed E-state index contributed by atoms with van der Waals surface area (Å²) in [4.78, 5) is 0. The molecule has 0 bridgehead atoms. The normalized spacial score (nSPS) is 12.3. The van der Waals surface area contributed by atoms with E-state index in [1.807, 2.05) is 13.8 Å². The Balaban J connectivity index is 0.00000225. The van der Waals surface area contributed by atoms with Crippen molar-refractivity contribution in [3.05, 3.63) is 23.3 Å². The highest BCUT2D eigenvalue weighted by molar-refractivity contribution is 5.85. The Morgan fingerprint density at radius 3 is 2.25 bits per heavy atom. The van der Waals surface area contributed by atoms with E-state index in [1.165, 1.54) is 6.07 Å². The molecule has 0 unspecified atom stereocenters. The van der Waals surface area contributed by atoms with Crippen LogP contribution in [0.25, 0.3) is 0 Å². The van der Waals surface area contributed by atoms with Gasteiger partial charge in [0.1, 0.15) is 0 Å². The van der Waals surface area contributed by atoms with Gasteiger partial charge in [0, 0.05) is 12.1 Å². The highest BCUT2D eigenvalue weighted by atomic mass is 35.5. The van der Waals surface area contributed by atoms with Crippen molar-refractivity contribution in [1.82, 2.24) is 0 Å². The van der Waals surface area contributed by atoms with E-state index >= 15 is 0 Å². The molecule has 0 radical (unpaired) electrons. The molecule has 0 fully saturated rings. The van der Waals surface area contributed by atoms with Crippen LogP contribution in [-0.4, -0.2) is 21.9 Å². The van der Waals surface area contributed by atoms with Crippen molar-refractivity contribution in [2.45, 2.75) is 25.9 Å². The first-order valence-corrected chi connectivity index (χ1v) is 4.91. The number of nitrogens with two attached hydrogens (primary N) is 1. The van der Waals surface area contributed by atoms with Gasteiger partial charge in [0.05, 0.1) is 6.10 Å². The number of aliphatic hydroxyl groups is 1. The van der Waals surface area contributed by atoms with Gasteiger partial charge in [0.2, 0.25) is 0 Å². The fraction of sp³-hybridized carbons (Fsp3) is 0.455. The third kappa shape index (κ3) is 2.78. The van der Waals surface area contributed by atoms with Gasteiger partial charge in [0.25, 0.3) is 0 Å². The van der Waals surface area contributed by atoms with E-state index in [2.05, 4.69) is 0 Å². The molecule has 1 atom stereocenters. The van der Waals surface area contributed by atoms with Gasteiger partial charge in [-0.2, -0.15) is 0 Å². The first kappa shape index (κ1) is 15.0. The summed E-state index contributed by atoms with van der Waals surface area (Å²) in [7, 11) is 0. The number of hydrogen-bond acceptors (Lipinski definition) is 4. The molecule has 0 amide bonds. The van der Waals surface area contributed by atoms with Crippen LogP contribution in [0.3, 0.4) is 0 Å². The van der Waals surface area contributed by atoms with Gasteiger partial charge in [-0.3, -0.25) is 0 Å². The van der Waals surface area contributed by atoms with Crippen molar-refractivity contribution in [2.24, 2.45) is 5.73 Å². The van der Waals surface area contributed by atoms with Gasteiger partial charge in [-0.15, -0.1) is 12.4 Å². The van der Waals surface area contributed by atoms with Crippen molar-refractivity contribution in [3.63, 3.8) is 0 Å². The summed E-state index contributed by atoms with van der Waals surface area (Å²) in [6, 6.07) is 2.94. The van der Waals surface area contributed by atoms with Crippen molar-refractivity contribution < 1.29 is 15.3 Å². The maximum Gasteiger partial charge on any atom is 0.161 e. The highest BCUT2D eigenvalue weighted by Crippen LogP contribution is 2.38. The third-order valence-corrected chi connectivity index (χ3v) is 2.39. The van der Waals surface area contributed by atoms with E-state index in [0.717, 1.165) is 0 Å². The van der Waals surface area contributed by atoms with Crippen LogP contribution in [0.2, 0.25) is 0 Å². The number of phenolic OH excluding ortho intramolecular Hbond substituents is 2. The van der Waals surface area contributed by atoms with E-state index in [0.29, 0.717) is 11.1 Å². The molecular formula is C11H18ClNO3. The van der Waals surface area contributed by atoms with E-state index in [4.69, 9.17) is 5.73 Å². The zero-order valence-corrected chi connectivity index (χ0v) is 10.2. The van der Waals surface area contributed by atoms with Gasteiger partial charge in [-0.05, 0) is 17.5 Å². The lowest BCUT2D eigenvalue weighted by molar-refractivity contribution is 0.184. The van der Waals surface area contributed by atoms with Crippen molar-refractivity contribution in [3.8, 4) is 11.5 Å². The second kappa shape index (κ2) is 5.94. The Morgan fingerprint density at radius 1 is 1.25 bits per heavy atom. The summed E-state index contributed by atoms with van der Waals surface area (Å²) in [6.07, 6.45) is -0.811. The second-order valence-electron chi connectivity index (χ2n) is 3.84. The molecule has 16 heavy (non-hydrogen) atoms. The van der Waals surface area contributed by atoms with Crippen LogP contribution in [0.15, 0.2) is 12.1 Å². The smallest absolute Gasteiger partial charge is 0.161 e. The zero-order chi connectivity index (χ0) is 11.6.